The number of methoxy groups -OCH3 is 2. The zero-order valence-corrected chi connectivity index (χ0v) is 19.3. The van der Waals surface area contributed by atoms with Crippen LogP contribution in [0.15, 0.2) is 77.7 Å². The average molecular weight is 455 g/mol. The molecule has 3 aromatic rings. The van der Waals surface area contributed by atoms with Gasteiger partial charge in [0.2, 0.25) is 5.91 Å². The van der Waals surface area contributed by atoms with Crippen LogP contribution in [-0.4, -0.2) is 42.1 Å². The van der Waals surface area contributed by atoms with E-state index >= 15 is 0 Å². The lowest BCUT2D eigenvalue weighted by atomic mass is 10.2. The molecule has 1 amide bonds. The number of carbonyl (C=O) groups is 1. The molecule has 32 heavy (non-hydrogen) atoms. The monoisotopic (exact) mass is 454 g/mol. The minimum atomic E-state index is -4.10. The smallest absolute Gasteiger partial charge is 0.268 e. The van der Waals surface area contributed by atoms with Crippen LogP contribution in [0.5, 0.6) is 11.5 Å². The largest absolute Gasteiger partial charge is 0.497 e. The first-order chi connectivity index (χ1) is 15.3. The number of amides is 1. The topological polar surface area (TPSA) is 76.2 Å². The number of para-hydroxylation sites is 1. The van der Waals surface area contributed by atoms with Crippen molar-refractivity contribution >= 4 is 27.3 Å². The molecule has 0 heterocycles. The van der Waals surface area contributed by atoms with E-state index in [1.54, 1.807) is 93.9 Å². The highest BCUT2D eigenvalue weighted by Gasteiger charge is 2.31. The molecule has 8 heteroatoms. The standard InChI is InChI=1S/C24H26N2O5S/c1-18-10-15-22(31-4)23(16-18)32(28,29)26(20-8-6-5-7-9-20)17-24(27)25(2)19-11-13-21(30-3)14-12-19/h5-16H,17H2,1-4H3. The number of hydrogen-bond donors (Lipinski definition) is 0. The van der Waals surface area contributed by atoms with Crippen LogP contribution in [0.2, 0.25) is 0 Å². The molecule has 3 aromatic carbocycles. The molecule has 0 bridgehead atoms. The van der Waals surface area contributed by atoms with Crippen molar-refractivity contribution in [1.29, 1.82) is 0 Å². The van der Waals surface area contributed by atoms with Crippen molar-refractivity contribution in [2.45, 2.75) is 11.8 Å². The van der Waals surface area contributed by atoms with Gasteiger partial charge in [-0.3, -0.25) is 9.10 Å². The summed E-state index contributed by atoms with van der Waals surface area (Å²) in [6.07, 6.45) is 0. The van der Waals surface area contributed by atoms with E-state index in [-0.39, 0.29) is 17.2 Å². The summed E-state index contributed by atoms with van der Waals surface area (Å²) in [5.74, 6) is 0.483. The molecule has 0 atom stereocenters. The Kier molecular flexibility index (Phi) is 7.05. The second-order valence-corrected chi connectivity index (χ2v) is 8.98. The Morgan fingerprint density at radius 2 is 1.53 bits per heavy atom. The van der Waals surface area contributed by atoms with Gasteiger partial charge in [-0.15, -0.1) is 0 Å². The number of hydrogen-bond acceptors (Lipinski definition) is 5. The molecule has 3 rings (SSSR count). The molecule has 0 aliphatic heterocycles. The normalized spacial score (nSPS) is 11.0. The van der Waals surface area contributed by atoms with Crippen molar-refractivity contribution in [2.75, 3.05) is 37.0 Å². The molecule has 0 aliphatic carbocycles. The third-order valence-electron chi connectivity index (χ3n) is 5.04. The van der Waals surface area contributed by atoms with Crippen molar-refractivity contribution in [3.63, 3.8) is 0 Å². The van der Waals surface area contributed by atoms with Gasteiger partial charge in [-0.25, -0.2) is 8.42 Å². The maximum absolute atomic E-state index is 13.7. The van der Waals surface area contributed by atoms with E-state index in [4.69, 9.17) is 9.47 Å². The number of benzene rings is 3. The van der Waals surface area contributed by atoms with E-state index in [0.29, 0.717) is 17.1 Å². The summed E-state index contributed by atoms with van der Waals surface area (Å²) in [6, 6.07) is 20.4. The SMILES string of the molecule is COc1ccc(N(C)C(=O)CN(c2ccccc2)S(=O)(=O)c2cc(C)ccc2OC)cc1. The summed E-state index contributed by atoms with van der Waals surface area (Å²) in [4.78, 5) is 14.6. The van der Waals surface area contributed by atoms with Crippen LogP contribution in [0.4, 0.5) is 11.4 Å². The van der Waals surface area contributed by atoms with E-state index in [9.17, 15) is 13.2 Å². The van der Waals surface area contributed by atoms with Gasteiger partial charge in [0.15, 0.2) is 0 Å². The number of carbonyl (C=O) groups excluding carboxylic acids is 1. The molecule has 0 aliphatic rings. The predicted molar refractivity (Wildman–Crippen MR) is 125 cm³/mol. The highest BCUT2D eigenvalue weighted by Crippen LogP contribution is 2.31. The van der Waals surface area contributed by atoms with Gasteiger partial charge in [-0.05, 0) is 61.0 Å². The lowest BCUT2D eigenvalue weighted by Gasteiger charge is -2.27. The number of nitrogens with zero attached hydrogens (tertiary/aromatic N) is 2. The molecular formula is C24H26N2O5S. The third-order valence-corrected chi connectivity index (χ3v) is 6.84. The summed E-state index contributed by atoms with van der Waals surface area (Å²) in [6.45, 7) is 1.42. The highest BCUT2D eigenvalue weighted by atomic mass is 32.2. The fraction of sp³-hybridized carbons (Fsp3) is 0.208. The quantitative estimate of drug-likeness (QED) is 0.516. The predicted octanol–water partition coefficient (Wildman–Crippen LogP) is 3.87. The molecule has 0 radical (unpaired) electrons. The Hall–Kier alpha value is -3.52. The van der Waals surface area contributed by atoms with Gasteiger partial charge >= 0.3 is 0 Å². The lowest BCUT2D eigenvalue weighted by Crippen LogP contribution is -2.41. The first kappa shape index (κ1) is 23.1. The molecule has 0 unspecified atom stereocenters. The van der Waals surface area contributed by atoms with E-state index < -0.39 is 15.9 Å². The van der Waals surface area contributed by atoms with Crippen LogP contribution < -0.4 is 18.7 Å². The summed E-state index contributed by atoms with van der Waals surface area (Å²) >= 11 is 0. The number of rotatable bonds is 8. The molecule has 0 saturated carbocycles. The Bertz CT molecular complexity index is 1180. The minimum Gasteiger partial charge on any atom is -0.497 e. The number of sulfonamides is 1. The molecule has 7 nitrogen and oxygen atoms in total. The Labute approximate surface area is 188 Å². The highest BCUT2D eigenvalue weighted by molar-refractivity contribution is 7.93. The first-order valence-electron chi connectivity index (χ1n) is 9.91. The fourth-order valence-corrected chi connectivity index (χ4v) is 4.85. The number of likely N-dealkylation sites (N-methyl/N-ethyl adjacent to an activating group) is 1. The first-order valence-corrected chi connectivity index (χ1v) is 11.3. The lowest BCUT2D eigenvalue weighted by molar-refractivity contribution is -0.116. The fourth-order valence-electron chi connectivity index (χ4n) is 3.19. The van der Waals surface area contributed by atoms with Crippen LogP contribution in [0.3, 0.4) is 0 Å². The zero-order valence-electron chi connectivity index (χ0n) is 18.5. The Balaban J connectivity index is 2.00. The van der Waals surface area contributed by atoms with Gasteiger partial charge in [0.1, 0.15) is 22.9 Å². The number of aryl methyl sites for hydroxylation is 1. The molecule has 0 spiro atoms. The molecule has 168 valence electrons. The Morgan fingerprint density at radius 1 is 0.875 bits per heavy atom. The molecular weight excluding hydrogens is 428 g/mol. The molecule has 0 N–H and O–H groups in total. The zero-order chi connectivity index (χ0) is 23.3. The van der Waals surface area contributed by atoms with Crippen molar-refractivity contribution in [1.82, 2.24) is 0 Å². The van der Waals surface area contributed by atoms with Gasteiger partial charge in [-0.2, -0.15) is 0 Å². The Morgan fingerprint density at radius 3 is 2.12 bits per heavy atom. The molecule has 0 fully saturated rings. The van der Waals surface area contributed by atoms with Crippen LogP contribution in [-0.2, 0) is 14.8 Å². The summed E-state index contributed by atoms with van der Waals surface area (Å²) in [7, 11) is 0.482. The van der Waals surface area contributed by atoms with Gasteiger partial charge in [0, 0.05) is 12.7 Å². The van der Waals surface area contributed by atoms with E-state index in [1.807, 2.05) is 0 Å². The minimum absolute atomic E-state index is 0.00348. The van der Waals surface area contributed by atoms with Crippen LogP contribution >= 0.6 is 0 Å². The number of ether oxygens (including phenoxy) is 2. The maximum atomic E-state index is 13.7. The second-order valence-electron chi connectivity index (χ2n) is 7.15. The van der Waals surface area contributed by atoms with Crippen LogP contribution in [0.1, 0.15) is 5.56 Å². The van der Waals surface area contributed by atoms with Crippen molar-refractivity contribution in [2.24, 2.45) is 0 Å². The van der Waals surface area contributed by atoms with Crippen LogP contribution in [0.25, 0.3) is 0 Å². The van der Waals surface area contributed by atoms with Crippen molar-refractivity contribution in [3.8, 4) is 11.5 Å². The summed E-state index contributed by atoms with van der Waals surface area (Å²) < 4.78 is 39.0. The van der Waals surface area contributed by atoms with Gasteiger partial charge < -0.3 is 14.4 Å². The van der Waals surface area contributed by atoms with E-state index in [0.717, 1.165) is 9.87 Å². The van der Waals surface area contributed by atoms with Gasteiger partial charge in [0.25, 0.3) is 10.0 Å². The van der Waals surface area contributed by atoms with Crippen LogP contribution in [0, 0.1) is 6.92 Å². The van der Waals surface area contributed by atoms with Crippen molar-refractivity contribution in [3.05, 3.63) is 78.4 Å². The van der Waals surface area contributed by atoms with E-state index in [1.165, 1.54) is 12.0 Å². The summed E-state index contributed by atoms with van der Waals surface area (Å²) in [5, 5.41) is 0. The average Bonchev–Trinajstić information content (AvgIpc) is 2.82. The van der Waals surface area contributed by atoms with E-state index in [2.05, 4.69) is 0 Å². The third kappa shape index (κ3) is 4.86. The maximum Gasteiger partial charge on any atom is 0.268 e. The van der Waals surface area contributed by atoms with Gasteiger partial charge in [-0.1, -0.05) is 24.3 Å². The van der Waals surface area contributed by atoms with Crippen molar-refractivity contribution < 1.29 is 22.7 Å². The number of anilines is 2. The summed E-state index contributed by atoms with van der Waals surface area (Å²) in [5.41, 5.74) is 1.76. The molecule has 0 aromatic heterocycles. The molecule has 0 saturated heterocycles. The van der Waals surface area contributed by atoms with Gasteiger partial charge in [0.05, 0.1) is 19.9 Å². The second kappa shape index (κ2) is 9.74.